The molecule has 0 atom stereocenters. The van der Waals surface area contributed by atoms with E-state index in [0.29, 0.717) is 0 Å². The number of aromatic amines is 1. The summed E-state index contributed by atoms with van der Waals surface area (Å²) in [6.45, 7) is 5.52. The van der Waals surface area contributed by atoms with Gasteiger partial charge in [0.15, 0.2) is 0 Å². The van der Waals surface area contributed by atoms with Gasteiger partial charge in [-0.15, -0.1) is 0 Å². The van der Waals surface area contributed by atoms with Crippen LogP contribution in [0.25, 0.3) is 11.3 Å². The molecule has 5 nitrogen and oxygen atoms in total. The number of nitrogens with one attached hydrogen (secondary N) is 2. The Hall–Kier alpha value is -1.72. The van der Waals surface area contributed by atoms with E-state index in [1.165, 1.54) is 31.5 Å². The maximum absolute atomic E-state index is 4.16. The van der Waals surface area contributed by atoms with E-state index >= 15 is 0 Å². The molecule has 2 aromatic heterocycles. The molecule has 1 saturated heterocycles. The smallest absolute Gasteiger partial charge is 0.0710 e. The molecule has 20 heavy (non-hydrogen) atoms. The van der Waals surface area contributed by atoms with Gasteiger partial charge >= 0.3 is 0 Å². The van der Waals surface area contributed by atoms with E-state index < -0.39 is 0 Å². The van der Waals surface area contributed by atoms with Crippen molar-refractivity contribution in [3.05, 3.63) is 36.3 Å². The molecule has 0 bridgehead atoms. The fraction of sp³-hybridized carbons (Fsp3) is 0.467. The molecule has 2 N–H and O–H groups in total. The molecular formula is C15H21N5. The molecule has 1 aliphatic rings. The van der Waals surface area contributed by atoms with Crippen molar-refractivity contribution < 1.29 is 0 Å². The summed E-state index contributed by atoms with van der Waals surface area (Å²) in [5.41, 5.74) is 3.34. The lowest BCUT2D eigenvalue weighted by molar-refractivity contribution is 0.335. The molecule has 0 aromatic carbocycles. The first-order valence-electron chi connectivity index (χ1n) is 7.29. The number of H-pyrrole nitrogens is 1. The Morgan fingerprint density at radius 3 is 2.95 bits per heavy atom. The molecule has 5 heteroatoms. The number of pyridine rings is 1. The summed E-state index contributed by atoms with van der Waals surface area (Å²) in [6, 6.07) is 4.00. The largest absolute Gasteiger partial charge is 0.311 e. The van der Waals surface area contributed by atoms with Gasteiger partial charge in [0.2, 0.25) is 0 Å². The lowest BCUT2D eigenvalue weighted by atomic mass is 10.1. The fourth-order valence-electron chi connectivity index (χ4n) is 2.67. The summed E-state index contributed by atoms with van der Waals surface area (Å²) in [5, 5.41) is 10.7. The van der Waals surface area contributed by atoms with Crippen LogP contribution in [0.2, 0.25) is 0 Å². The third-order valence-corrected chi connectivity index (χ3v) is 3.79. The number of hydrogen-bond acceptors (Lipinski definition) is 4. The van der Waals surface area contributed by atoms with Gasteiger partial charge in [-0.05, 0) is 38.1 Å². The number of nitrogens with zero attached hydrogens (tertiary/aromatic N) is 3. The van der Waals surface area contributed by atoms with Crippen molar-refractivity contribution in [1.29, 1.82) is 0 Å². The highest BCUT2D eigenvalue weighted by molar-refractivity contribution is 5.61. The summed E-state index contributed by atoms with van der Waals surface area (Å²) in [7, 11) is 0. The molecule has 1 fully saturated rings. The van der Waals surface area contributed by atoms with Crippen LogP contribution in [-0.4, -0.2) is 46.3 Å². The van der Waals surface area contributed by atoms with Crippen LogP contribution in [0.1, 0.15) is 18.4 Å². The second kappa shape index (κ2) is 6.63. The van der Waals surface area contributed by atoms with E-state index in [9.17, 15) is 0 Å². The van der Waals surface area contributed by atoms with Crippen LogP contribution < -0.4 is 5.32 Å². The highest BCUT2D eigenvalue weighted by Crippen LogP contribution is 2.19. The molecular weight excluding hydrogens is 250 g/mol. The van der Waals surface area contributed by atoms with Gasteiger partial charge in [0.1, 0.15) is 0 Å². The standard InChI is InChI=1S/C15H21N5/c1-2-8-20(7-1)9-6-17-11-14-12-18-19-15(14)13-4-3-5-16-10-13/h3-5,10,12,17H,1-2,6-9,11H2,(H,18,19). The molecule has 0 radical (unpaired) electrons. The van der Waals surface area contributed by atoms with Crippen LogP contribution in [0.15, 0.2) is 30.7 Å². The topological polar surface area (TPSA) is 56.8 Å². The van der Waals surface area contributed by atoms with Crippen molar-refractivity contribution in [2.24, 2.45) is 0 Å². The van der Waals surface area contributed by atoms with Gasteiger partial charge in [0.05, 0.1) is 11.9 Å². The molecule has 0 unspecified atom stereocenters. The molecule has 0 amide bonds. The summed E-state index contributed by atoms with van der Waals surface area (Å²) in [5.74, 6) is 0. The summed E-state index contributed by atoms with van der Waals surface area (Å²) in [6.07, 6.45) is 8.25. The Morgan fingerprint density at radius 1 is 1.25 bits per heavy atom. The van der Waals surface area contributed by atoms with Crippen LogP contribution in [0.4, 0.5) is 0 Å². The molecule has 2 aromatic rings. The Balaban J connectivity index is 1.52. The minimum Gasteiger partial charge on any atom is -0.311 e. The normalized spacial score (nSPS) is 15.8. The highest BCUT2D eigenvalue weighted by atomic mass is 15.2. The van der Waals surface area contributed by atoms with Crippen LogP contribution in [-0.2, 0) is 6.54 Å². The third kappa shape index (κ3) is 3.23. The Morgan fingerprint density at radius 2 is 2.15 bits per heavy atom. The van der Waals surface area contributed by atoms with Crippen LogP contribution >= 0.6 is 0 Å². The van der Waals surface area contributed by atoms with Crippen LogP contribution in [0.3, 0.4) is 0 Å². The van der Waals surface area contributed by atoms with Crippen molar-refractivity contribution >= 4 is 0 Å². The number of rotatable bonds is 6. The lowest BCUT2D eigenvalue weighted by Gasteiger charge is -2.14. The highest BCUT2D eigenvalue weighted by Gasteiger charge is 2.11. The van der Waals surface area contributed by atoms with Gasteiger partial charge in [-0.2, -0.15) is 5.10 Å². The van der Waals surface area contributed by atoms with Crippen LogP contribution in [0, 0.1) is 0 Å². The molecule has 3 heterocycles. The number of hydrogen-bond donors (Lipinski definition) is 2. The van der Waals surface area contributed by atoms with Crippen molar-refractivity contribution in [2.45, 2.75) is 19.4 Å². The second-order valence-corrected chi connectivity index (χ2v) is 5.24. The predicted molar refractivity (Wildman–Crippen MR) is 79.2 cm³/mol. The first kappa shape index (κ1) is 13.3. The maximum atomic E-state index is 4.16. The monoisotopic (exact) mass is 271 g/mol. The maximum Gasteiger partial charge on any atom is 0.0710 e. The summed E-state index contributed by atoms with van der Waals surface area (Å²) >= 11 is 0. The molecule has 0 aliphatic carbocycles. The first-order chi connectivity index (χ1) is 9.93. The van der Waals surface area contributed by atoms with E-state index in [4.69, 9.17) is 0 Å². The van der Waals surface area contributed by atoms with Gasteiger partial charge in [-0.3, -0.25) is 10.1 Å². The second-order valence-electron chi connectivity index (χ2n) is 5.24. The van der Waals surface area contributed by atoms with Gasteiger partial charge in [0, 0.05) is 43.2 Å². The van der Waals surface area contributed by atoms with Gasteiger partial charge < -0.3 is 10.2 Å². The fourth-order valence-corrected chi connectivity index (χ4v) is 2.67. The third-order valence-electron chi connectivity index (χ3n) is 3.79. The molecule has 3 rings (SSSR count). The molecule has 0 saturated carbocycles. The van der Waals surface area contributed by atoms with E-state index in [2.05, 4.69) is 25.4 Å². The van der Waals surface area contributed by atoms with Gasteiger partial charge in [0.25, 0.3) is 0 Å². The average Bonchev–Trinajstić information content (AvgIpc) is 3.16. The van der Waals surface area contributed by atoms with Gasteiger partial charge in [-0.1, -0.05) is 0 Å². The zero-order valence-electron chi connectivity index (χ0n) is 11.7. The lowest BCUT2D eigenvalue weighted by Crippen LogP contribution is -2.29. The first-order valence-corrected chi connectivity index (χ1v) is 7.29. The van der Waals surface area contributed by atoms with Crippen molar-refractivity contribution in [3.8, 4) is 11.3 Å². The van der Waals surface area contributed by atoms with Crippen molar-refractivity contribution in [2.75, 3.05) is 26.2 Å². The predicted octanol–water partition coefficient (Wildman–Crippen LogP) is 1.66. The summed E-state index contributed by atoms with van der Waals surface area (Å²) < 4.78 is 0. The minimum atomic E-state index is 0.842. The zero-order valence-corrected chi connectivity index (χ0v) is 11.7. The van der Waals surface area contributed by atoms with Crippen molar-refractivity contribution in [3.63, 3.8) is 0 Å². The number of aromatic nitrogens is 3. The Bertz CT molecular complexity index is 516. The number of likely N-dealkylation sites (tertiary alicyclic amines) is 1. The Kier molecular flexibility index (Phi) is 4.40. The average molecular weight is 271 g/mol. The van der Waals surface area contributed by atoms with E-state index in [-0.39, 0.29) is 0 Å². The van der Waals surface area contributed by atoms with Gasteiger partial charge in [-0.25, -0.2) is 0 Å². The quantitative estimate of drug-likeness (QED) is 0.785. The minimum absolute atomic E-state index is 0.842. The van der Waals surface area contributed by atoms with Crippen LogP contribution in [0.5, 0.6) is 0 Å². The molecule has 1 aliphatic heterocycles. The molecule has 0 spiro atoms. The van der Waals surface area contributed by atoms with Crippen molar-refractivity contribution in [1.82, 2.24) is 25.4 Å². The molecule has 106 valence electrons. The van der Waals surface area contributed by atoms with E-state index in [1.807, 2.05) is 24.5 Å². The SMILES string of the molecule is c1cncc(-c2[nH]ncc2CNCCN2CCCC2)c1. The van der Waals surface area contributed by atoms with E-state index in [1.54, 1.807) is 6.20 Å². The zero-order chi connectivity index (χ0) is 13.6. The van der Waals surface area contributed by atoms with E-state index in [0.717, 1.165) is 30.9 Å². The Labute approximate surface area is 119 Å². The summed E-state index contributed by atoms with van der Waals surface area (Å²) in [4.78, 5) is 6.67.